The van der Waals surface area contributed by atoms with Gasteiger partial charge >= 0.3 is 5.97 Å². The smallest absolute Gasteiger partial charge is 0.338 e. The lowest BCUT2D eigenvalue weighted by Crippen LogP contribution is -2.26. The third-order valence-corrected chi connectivity index (χ3v) is 3.65. The van der Waals surface area contributed by atoms with Gasteiger partial charge in [-0.1, -0.05) is 12.1 Å². The highest BCUT2D eigenvalue weighted by atomic mass is 79.9. The maximum Gasteiger partial charge on any atom is 0.338 e. The van der Waals surface area contributed by atoms with Crippen LogP contribution in [0, 0.1) is 5.92 Å². The number of halogens is 1. The summed E-state index contributed by atoms with van der Waals surface area (Å²) in [5.41, 5.74) is 0.557. The molecule has 1 saturated heterocycles. The summed E-state index contributed by atoms with van der Waals surface area (Å²) in [4.78, 5) is 24.7. The Balaban J connectivity index is 2.46. The molecule has 1 N–H and O–H groups in total. The van der Waals surface area contributed by atoms with Crippen LogP contribution >= 0.6 is 15.9 Å². The summed E-state index contributed by atoms with van der Waals surface area (Å²) in [5, 5.41) is 9.23. The molecule has 1 fully saturated rings. The Morgan fingerprint density at radius 2 is 2.28 bits per heavy atom. The Morgan fingerprint density at radius 3 is 2.83 bits per heavy atom. The molecule has 5 heteroatoms. The zero-order valence-corrected chi connectivity index (χ0v) is 11.2. The van der Waals surface area contributed by atoms with E-state index in [1.807, 2.05) is 0 Å². The fourth-order valence-corrected chi connectivity index (χ4v) is 2.60. The van der Waals surface area contributed by atoms with Gasteiger partial charge in [0.05, 0.1) is 11.3 Å². The van der Waals surface area contributed by atoms with Gasteiger partial charge in [-0.2, -0.15) is 0 Å². The molecule has 0 aliphatic carbocycles. The molecule has 1 aliphatic heterocycles. The topological polar surface area (TPSA) is 57.6 Å². The van der Waals surface area contributed by atoms with E-state index in [9.17, 15) is 14.7 Å². The van der Waals surface area contributed by atoms with Gasteiger partial charge in [-0.3, -0.25) is 4.79 Å². The summed E-state index contributed by atoms with van der Waals surface area (Å²) in [5.74, 6) is -1.04. The number of hydrogen-bond donors (Lipinski definition) is 1. The average Bonchev–Trinajstić information content (AvgIpc) is 2.69. The number of carboxylic acids is 1. The molecule has 1 aromatic rings. The van der Waals surface area contributed by atoms with Crippen molar-refractivity contribution in [2.45, 2.75) is 6.42 Å². The SMILES string of the molecule is C=CC1CC(=O)N(c2cccc(Br)c2C(=O)O)C1. The lowest BCUT2D eigenvalue weighted by molar-refractivity contribution is -0.117. The zero-order valence-electron chi connectivity index (χ0n) is 9.60. The van der Waals surface area contributed by atoms with Gasteiger partial charge in [0.1, 0.15) is 0 Å². The predicted octanol–water partition coefficient (Wildman–Crippen LogP) is 2.69. The van der Waals surface area contributed by atoms with E-state index in [0.29, 0.717) is 23.1 Å². The highest BCUT2D eigenvalue weighted by Gasteiger charge is 2.31. The Kier molecular flexibility index (Phi) is 3.52. The maximum atomic E-state index is 11.9. The van der Waals surface area contributed by atoms with E-state index in [-0.39, 0.29) is 17.4 Å². The number of rotatable bonds is 3. The van der Waals surface area contributed by atoms with Gasteiger partial charge in [-0.05, 0) is 28.1 Å². The van der Waals surface area contributed by atoms with Crippen LogP contribution in [0.25, 0.3) is 0 Å². The number of carboxylic acid groups (broad SMARTS) is 1. The van der Waals surface area contributed by atoms with Crippen molar-refractivity contribution >= 4 is 33.5 Å². The first-order chi connectivity index (χ1) is 8.54. The number of carbonyl (C=O) groups excluding carboxylic acids is 1. The fourth-order valence-electron chi connectivity index (χ4n) is 2.08. The minimum atomic E-state index is -1.05. The van der Waals surface area contributed by atoms with Crippen molar-refractivity contribution in [1.82, 2.24) is 0 Å². The largest absolute Gasteiger partial charge is 0.478 e. The Morgan fingerprint density at radius 1 is 1.56 bits per heavy atom. The molecule has 1 unspecified atom stereocenters. The molecule has 0 spiro atoms. The number of amides is 1. The van der Waals surface area contributed by atoms with Gasteiger partial charge in [-0.25, -0.2) is 4.79 Å². The molecule has 0 bridgehead atoms. The molecule has 1 aliphatic rings. The summed E-state index contributed by atoms with van der Waals surface area (Å²) in [6, 6.07) is 5.02. The lowest BCUT2D eigenvalue weighted by Gasteiger charge is -2.19. The van der Waals surface area contributed by atoms with Crippen LogP contribution in [0.5, 0.6) is 0 Å². The molecule has 2 rings (SSSR count). The van der Waals surface area contributed by atoms with Crippen molar-refractivity contribution in [2.75, 3.05) is 11.4 Å². The zero-order chi connectivity index (χ0) is 13.3. The number of aromatic carboxylic acids is 1. The molecular formula is C13H12BrNO3. The van der Waals surface area contributed by atoms with Gasteiger partial charge in [0, 0.05) is 23.4 Å². The number of carbonyl (C=O) groups is 2. The van der Waals surface area contributed by atoms with Gasteiger partial charge < -0.3 is 10.0 Å². The number of benzene rings is 1. The van der Waals surface area contributed by atoms with Crippen LogP contribution < -0.4 is 4.90 Å². The predicted molar refractivity (Wildman–Crippen MR) is 71.8 cm³/mol. The van der Waals surface area contributed by atoms with E-state index in [4.69, 9.17) is 0 Å². The normalized spacial score (nSPS) is 19.1. The minimum absolute atomic E-state index is 0.0690. The quantitative estimate of drug-likeness (QED) is 0.873. The highest BCUT2D eigenvalue weighted by Crippen LogP contribution is 2.32. The Bertz CT molecular complexity index is 527. The van der Waals surface area contributed by atoms with Crippen LogP contribution in [-0.2, 0) is 4.79 Å². The van der Waals surface area contributed by atoms with E-state index in [1.165, 1.54) is 4.90 Å². The Hall–Kier alpha value is -1.62. The van der Waals surface area contributed by atoms with Gasteiger partial charge in [0.25, 0.3) is 0 Å². The molecule has 18 heavy (non-hydrogen) atoms. The van der Waals surface area contributed by atoms with Crippen molar-refractivity contribution in [1.29, 1.82) is 0 Å². The minimum Gasteiger partial charge on any atom is -0.478 e. The summed E-state index contributed by atoms with van der Waals surface area (Å²) < 4.78 is 0.474. The molecule has 4 nitrogen and oxygen atoms in total. The second-order valence-corrected chi connectivity index (χ2v) is 5.00. The molecule has 1 heterocycles. The van der Waals surface area contributed by atoms with Crippen LogP contribution in [0.4, 0.5) is 5.69 Å². The first-order valence-electron chi connectivity index (χ1n) is 5.49. The summed E-state index contributed by atoms with van der Waals surface area (Å²) in [7, 11) is 0. The lowest BCUT2D eigenvalue weighted by atomic mass is 10.1. The standard InChI is InChI=1S/C13H12BrNO3/c1-2-8-6-11(16)15(7-8)10-5-3-4-9(14)12(10)13(17)18/h2-5,8H,1,6-7H2,(H,17,18). The first-order valence-corrected chi connectivity index (χ1v) is 6.28. The second kappa shape index (κ2) is 4.94. The van der Waals surface area contributed by atoms with Gasteiger partial charge in [0.15, 0.2) is 0 Å². The molecule has 1 aromatic carbocycles. The number of anilines is 1. The molecule has 1 atom stereocenters. The van der Waals surface area contributed by atoms with Crippen LogP contribution in [0.3, 0.4) is 0 Å². The molecule has 94 valence electrons. The maximum absolute atomic E-state index is 11.9. The van der Waals surface area contributed by atoms with Crippen molar-refractivity contribution < 1.29 is 14.7 Å². The van der Waals surface area contributed by atoms with Crippen LogP contribution in [-0.4, -0.2) is 23.5 Å². The second-order valence-electron chi connectivity index (χ2n) is 4.14. The molecular weight excluding hydrogens is 298 g/mol. The molecule has 0 aromatic heterocycles. The van der Waals surface area contributed by atoms with Crippen molar-refractivity contribution in [2.24, 2.45) is 5.92 Å². The van der Waals surface area contributed by atoms with E-state index in [0.717, 1.165) is 0 Å². The number of nitrogens with zero attached hydrogens (tertiary/aromatic N) is 1. The number of hydrogen-bond acceptors (Lipinski definition) is 2. The van der Waals surface area contributed by atoms with Crippen LogP contribution in [0.1, 0.15) is 16.8 Å². The molecule has 0 radical (unpaired) electrons. The van der Waals surface area contributed by atoms with Gasteiger partial charge in [0.2, 0.25) is 5.91 Å². The monoisotopic (exact) mass is 309 g/mol. The summed E-state index contributed by atoms with van der Waals surface area (Å²) in [6.45, 7) is 4.16. The van der Waals surface area contributed by atoms with Crippen molar-refractivity contribution in [3.63, 3.8) is 0 Å². The first kappa shape index (κ1) is 12.8. The summed E-state index contributed by atoms with van der Waals surface area (Å²) in [6.07, 6.45) is 2.12. The third-order valence-electron chi connectivity index (χ3n) is 2.98. The molecule has 1 amide bonds. The summed E-state index contributed by atoms with van der Waals surface area (Å²) >= 11 is 3.21. The van der Waals surface area contributed by atoms with Crippen LogP contribution in [0.15, 0.2) is 35.3 Å². The Labute approximate surface area is 113 Å². The highest BCUT2D eigenvalue weighted by molar-refractivity contribution is 9.10. The fraction of sp³-hybridized carbons (Fsp3) is 0.231. The average molecular weight is 310 g/mol. The van der Waals surface area contributed by atoms with E-state index in [1.54, 1.807) is 24.3 Å². The van der Waals surface area contributed by atoms with E-state index < -0.39 is 5.97 Å². The molecule has 0 saturated carbocycles. The van der Waals surface area contributed by atoms with Gasteiger partial charge in [-0.15, -0.1) is 6.58 Å². The third kappa shape index (κ3) is 2.18. The van der Waals surface area contributed by atoms with E-state index >= 15 is 0 Å². The van der Waals surface area contributed by atoms with Crippen molar-refractivity contribution in [3.05, 3.63) is 40.9 Å². The van der Waals surface area contributed by atoms with Crippen LogP contribution in [0.2, 0.25) is 0 Å². The van der Waals surface area contributed by atoms with Crippen molar-refractivity contribution in [3.8, 4) is 0 Å². The van der Waals surface area contributed by atoms with E-state index in [2.05, 4.69) is 22.5 Å².